The minimum atomic E-state index is -0.208. The van der Waals surface area contributed by atoms with E-state index in [1.54, 1.807) is 6.07 Å². The first kappa shape index (κ1) is 14.7. The molecule has 2 aromatic carbocycles. The Bertz CT molecular complexity index is 809. The molecule has 1 N–H and O–H groups in total. The number of para-hydroxylation sites is 1. The van der Waals surface area contributed by atoms with Gasteiger partial charge in [0.05, 0.1) is 5.02 Å². The molecule has 0 aliphatic heterocycles. The van der Waals surface area contributed by atoms with Gasteiger partial charge in [-0.25, -0.2) is 0 Å². The predicted molar refractivity (Wildman–Crippen MR) is 88.4 cm³/mol. The van der Waals surface area contributed by atoms with Crippen LogP contribution in [-0.4, -0.2) is 12.5 Å². The predicted octanol–water partition coefficient (Wildman–Crippen LogP) is 4.37. The molecule has 22 heavy (non-hydrogen) atoms. The Morgan fingerprint density at radius 3 is 2.64 bits per heavy atom. The van der Waals surface area contributed by atoms with Crippen LogP contribution in [0.1, 0.15) is 21.7 Å². The van der Waals surface area contributed by atoms with E-state index in [9.17, 15) is 4.79 Å². The summed E-state index contributed by atoms with van der Waals surface area (Å²) >= 11 is 6.11. The molecule has 0 unspecified atom stereocenters. The van der Waals surface area contributed by atoms with Crippen molar-refractivity contribution in [3.63, 3.8) is 0 Å². The van der Waals surface area contributed by atoms with E-state index in [0.717, 1.165) is 17.4 Å². The molecule has 1 heterocycles. The summed E-state index contributed by atoms with van der Waals surface area (Å²) in [6.07, 6.45) is 0.784. The van der Waals surface area contributed by atoms with E-state index >= 15 is 0 Å². The maximum atomic E-state index is 12.3. The van der Waals surface area contributed by atoms with Crippen molar-refractivity contribution >= 4 is 28.5 Å². The van der Waals surface area contributed by atoms with Crippen LogP contribution in [0.25, 0.3) is 11.0 Å². The van der Waals surface area contributed by atoms with Crippen LogP contribution in [0.15, 0.2) is 52.9 Å². The molecule has 0 saturated heterocycles. The van der Waals surface area contributed by atoms with E-state index in [-0.39, 0.29) is 5.91 Å². The topological polar surface area (TPSA) is 42.2 Å². The molecule has 1 amide bonds. The minimum absolute atomic E-state index is 0.208. The Labute approximate surface area is 133 Å². The molecule has 0 radical (unpaired) electrons. The molecule has 0 atom stereocenters. The highest BCUT2D eigenvalue weighted by Gasteiger charge is 2.18. The SMILES string of the molecule is Cc1c(C(=O)NCCc2ccccc2)oc2c(Cl)cccc12. The second-order valence-corrected chi connectivity index (χ2v) is 5.57. The number of rotatable bonds is 4. The Hall–Kier alpha value is -2.26. The zero-order chi connectivity index (χ0) is 15.5. The van der Waals surface area contributed by atoms with E-state index in [1.165, 1.54) is 5.56 Å². The first-order valence-corrected chi connectivity index (χ1v) is 7.54. The monoisotopic (exact) mass is 313 g/mol. The quantitative estimate of drug-likeness (QED) is 0.777. The van der Waals surface area contributed by atoms with Gasteiger partial charge in [-0.15, -0.1) is 0 Å². The highest BCUT2D eigenvalue weighted by Crippen LogP contribution is 2.30. The fraction of sp³-hybridized carbons (Fsp3) is 0.167. The van der Waals surface area contributed by atoms with E-state index in [4.69, 9.17) is 16.0 Å². The van der Waals surface area contributed by atoms with Gasteiger partial charge in [0.25, 0.3) is 5.91 Å². The first-order chi connectivity index (χ1) is 10.7. The number of amides is 1. The second kappa shape index (κ2) is 6.24. The Balaban J connectivity index is 1.73. The summed E-state index contributed by atoms with van der Waals surface area (Å²) in [6, 6.07) is 15.5. The molecular formula is C18H16ClNO2. The van der Waals surface area contributed by atoms with Crippen LogP contribution in [0.5, 0.6) is 0 Å². The van der Waals surface area contributed by atoms with Crippen molar-refractivity contribution in [1.29, 1.82) is 0 Å². The zero-order valence-electron chi connectivity index (χ0n) is 12.2. The van der Waals surface area contributed by atoms with Crippen molar-refractivity contribution in [2.24, 2.45) is 0 Å². The molecule has 3 rings (SSSR count). The third kappa shape index (κ3) is 2.85. The third-order valence-corrected chi connectivity index (χ3v) is 3.96. The molecule has 0 fully saturated rings. The fourth-order valence-electron chi connectivity index (χ4n) is 2.47. The van der Waals surface area contributed by atoms with Crippen molar-refractivity contribution in [2.45, 2.75) is 13.3 Å². The second-order valence-electron chi connectivity index (χ2n) is 5.16. The molecular weight excluding hydrogens is 298 g/mol. The van der Waals surface area contributed by atoms with Gasteiger partial charge in [-0.05, 0) is 25.0 Å². The lowest BCUT2D eigenvalue weighted by molar-refractivity contribution is 0.0928. The van der Waals surface area contributed by atoms with Crippen molar-refractivity contribution in [3.8, 4) is 0 Å². The van der Waals surface area contributed by atoms with Crippen LogP contribution >= 0.6 is 11.6 Å². The van der Waals surface area contributed by atoms with Crippen LogP contribution in [0.2, 0.25) is 5.02 Å². The van der Waals surface area contributed by atoms with E-state index in [0.29, 0.717) is 22.9 Å². The first-order valence-electron chi connectivity index (χ1n) is 7.16. The number of hydrogen-bond donors (Lipinski definition) is 1. The van der Waals surface area contributed by atoms with Crippen LogP contribution in [0.4, 0.5) is 0 Å². The summed E-state index contributed by atoms with van der Waals surface area (Å²) in [4.78, 5) is 12.3. The number of fused-ring (bicyclic) bond motifs is 1. The summed E-state index contributed by atoms with van der Waals surface area (Å²) in [5, 5.41) is 4.29. The molecule has 112 valence electrons. The molecule has 3 aromatic rings. The van der Waals surface area contributed by atoms with Crippen molar-refractivity contribution in [2.75, 3.05) is 6.54 Å². The van der Waals surface area contributed by atoms with E-state index in [2.05, 4.69) is 5.32 Å². The number of carbonyl (C=O) groups is 1. The Kier molecular flexibility index (Phi) is 4.16. The maximum absolute atomic E-state index is 12.3. The lowest BCUT2D eigenvalue weighted by atomic mass is 10.1. The molecule has 0 bridgehead atoms. The highest BCUT2D eigenvalue weighted by molar-refractivity contribution is 6.35. The fourth-order valence-corrected chi connectivity index (χ4v) is 2.68. The smallest absolute Gasteiger partial charge is 0.287 e. The molecule has 0 aliphatic carbocycles. The number of nitrogens with one attached hydrogen (secondary N) is 1. The van der Waals surface area contributed by atoms with Crippen LogP contribution < -0.4 is 5.32 Å². The van der Waals surface area contributed by atoms with Gasteiger partial charge in [-0.2, -0.15) is 0 Å². The van der Waals surface area contributed by atoms with Gasteiger partial charge in [0.2, 0.25) is 0 Å². The summed E-state index contributed by atoms with van der Waals surface area (Å²) in [5.41, 5.74) is 2.57. The normalized spacial score (nSPS) is 10.8. The molecule has 3 nitrogen and oxygen atoms in total. The minimum Gasteiger partial charge on any atom is -0.449 e. The number of hydrogen-bond acceptors (Lipinski definition) is 2. The molecule has 0 saturated carbocycles. The van der Waals surface area contributed by atoms with E-state index in [1.807, 2.05) is 49.4 Å². The molecule has 1 aromatic heterocycles. The largest absolute Gasteiger partial charge is 0.449 e. The summed E-state index contributed by atoms with van der Waals surface area (Å²) in [5.74, 6) is 0.122. The number of halogens is 1. The number of furan rings is 1. The Morgan fingerprint density at radius 1 is 1.14 bits per heavy atom. The number of benzene rings is 2. The zero-order valence-corrected chi connectivity index (χ0v) is 13.0. The van der Waals surface area contributed by atoms with Gasteiger partial charge in [-0.3, -0.25) is 4.79 Å². The van der Waals surface area contributed by atoms with Gasteiger partial charge < -0.3 is 9.73 Å². The lowest BCUT2D eigenvalue weighted by Crippen LogP contribution is -2.25. The summed E-state index contributed by atoms with van der Waals surface area (Å²) in [7, 11) is 0. The average molecular weight is 314 g/mol. The van der Waals surface area contributed by atoms with Crippen molar-refractivity contribution in [3.05, 3.63) is 70.4 Å². The number of aryl methyl sites for hydroxylation is 1. The van der Waals surface area contributed by atoms with Gasteiger partial charge in [0.15, 0.2) is 11.3 Å². The third-order valence-electron chi connectivity index (χ3n) is 3.66. The van der Waals surface area contributed by atoms with Crippen molar-refractivity contribution in [1.82, 2.24) is 5.32 Å². The van der Waals surface area contributed by atoms with Gasteiger partial charge in [0.1, 0.15) is 0 Å². The maximum Gasteiger partial charge on any atom is 0.287 e. The highest BCUT2D eigenvalue weighted by atomic mass is 35.5. The summed E-state index contributed by atoms with van der Waals surface area (Å²) in [6.45, 7) is 2.43. The van der Waals surface area contributed by atoms with Crippen LogP contribution in [-0.2, 0) is 6.42 Å². The van der Waals surface area contributed by atoms with E-state index < -0.39 is 0 Å². The van der Waals surface area contributed by atoms with Crippen LogP contribution in [0, 0.1) is 6.92 Å². The standard InChI is InChI=1S/C18H16ClNO2/c1-12-14-8-5-9-15(19)17(14)22-16(12)18(21)20-11-10-13-6-3-2-4-7-13/h2-9H,10-11H2,1H3,(H,20,21). The average Bonchev–Trinajstić information content (AvgIpc) is 2.87. The Morgan fingerprint density at radius 2 is 1.91 bits per heavy atom. The van der Waals surface area contributed by atoms with Gasteiger partial charge >= 0.3 is 0 Å². The number of carbonyl (C=O) groups excluding carboxylic acids is 1. The van der Waals surface area contributed by atoms with Crippen LogP contribution in [0.3, 0.4) is 0 Å². The van der Waals surface area contributed by atoms with Crippen molar-refractivity contribution < 1.29 is 9.21 Å². The molecule has 0 spiro atoms. The lowest BCUT2D eigenvalue weighted by Gasteiger charge is -2.04. The van der Waals surface area contributed by atoms with Gasteiger partial charge in [-0.1, -0.05) is 54.1 Å². The van der Waals surface area contributed by atoms with Gasteiger partial charge in [0, 0.05) is 17.5 Å². The molecule has 4 heteroatoms. The summed E-state index contributed by atoms with van der Waals surface area (Å²) < 4.78 is 5.65. The molecule has 0 aliphatic rings.